The molecule has 27 nitrogen and oxygen atoms in total. The van der Waals surface area contributed by atoms with E-state index in [0.29, 0.717) is 180 Å². The van der Waals surface area contributed by atoms with Gasteiger partial charge >= 0.3 is 0 Å². The standard InChI is InChI=1S/C33H36ClN3O6.C32H34ClN3O6.C29H29ClN2O7/c1-22-14-24(36-43-22)16-25(38)15-23-4-5-26(17-28(23)34)42-30-6-9-35-29-19-32(31(39-2)18-27(29)30)41-13-3-10-37-11-7-33(8-12-37)20-40-21-33;1-21-12-23(35-42-21)14-24(37)13-22-4-5-25(15-27(22)33)41-29-6-8-34-28-17-31(30(38-2)16-26(28)29)40-11-3-9-36-10-7-32(18-36)19-39-20-32;1-18-10-20(32-39-18)12-21(33)11-19-4-5-22(13-25(19)30)38-27-6-7-31-26-15-29(28(34-2)14-24(26)27)37-9-3-8-36-23-16-35-17-23/h4-6,9,14,17-19H,3,7-8,10-13,15-16,20-21H2,1-2H3;4-6,8,12,15-17H,3,7,9-11,13-14,18-20H2,1-2H3;4-7,10,13-15,23H,3,8-9,11-12,16-17H2,1-2H3. The van der Waals surface area contributed by atoms with Crippen molar-refractivity contribution in [1.82, 2.24) is 40.2 Å². The van der Waals surface area contributed by atoms with Gasteiger partial charge in [0.05, 0.1) is 140 Å². The molecule has 0 N–H and O–H groups in total. The maximum absolute atomic E-state index is 12.5. The molecule has 5 saturated heterocycles. The van der Waals surface area contributed by atoms with E-state index in [1.165, 1.54) is 19.3 Å². The average Bonchev–Trinajstić information content (AvgIpc) is 1.09. The van der Waals surface area contributed by atoms with Crippen LogP contribution in [-0.2, 0) is 71.9 Å². The molecule has 5 aliphatic heterocycles. The Kier molecular flexibility index (Phi) is 29.2. The predicted octanol–water partition coefficient (Wildman–Crippen LogP) is 17.6. The number of pyridine rings is 3. The zero-order valence-corrected chi connectivity index (χ0v) is 72.5. The van der Waals surface area contributed by atoms with E-state index in [-0.39, 0.29) is 62.0 Å². The molecule has 124 heavy (non-hydrogen) atoms. The number of piperidine rings is 1. The summed E-state index contributed by atoms with van der Waals surface area (Å²) in [6.45, 7) is 19.2. The van der Waals surface area contributed by atoms with Crippen LogP contribution in [0.1, 0.15) is 89.6 Å². The summed E-state index contributed by atoms with van der Waals surface area (Å²) in [5.41, 5.74) is 7.00. The van der Waals surface area contributed by atoms with Crippen LogP contribution in [0.15, 0.2) is 160 Å². The number of fused-ring (bicyclic) bond motifs is 3. The molecule has 0 radical (unpaired) electrons. The molecule has 17 rings (SSSR count). The molecule has 0 aliphatic carbocycles. The van der Waals surface area contributed by atoms with Crippen molar-refractivity contribution in [3.05, 3.63) is 212 Å². The van der Waals surface area contributed by atoms with Crippen molar-refractivity contribution in [3.8, 4) is 69.0 Å². The third-order valence-corrected chi connectivity index (χ3v) is 23.4. The Morgan fingerprint density at radius 3 is 1.09 bits per heavy atom. The van der Waals surface area contributed by atoms with E-state index in [9.17, 15) is 14.4 Å². The average molecular weight is 1750 g/mol. The minimum atomic E-state index is -0.00963. The zero-order chi connectivity index (χ0) is 86.1. The van der Waals surface area contributed by atoms with Crippen LogP contribution >= 0.6 is 34.8 Å². The molecule has 0 atom stereocenters. The van der Waals surface area contributed by atoms with Gasteiger partial charge in [-0.2, -0.15) is 0 Å². The molecule has 11 heterocycles. The predicted molar refractivity (Wildman–Crippen MR) is 465 cm³/mol. The fourth-order valence-electron chi connectivity index (χ4n) is 15.5. The van der Waals surface area contributed by atoms with Gasteiger partial charge < -0.3 is 84.9 Å². The SMILES string of the molecule is COc1cc2c(Oc3ccc(CC(=O)Cc4cc(C)on4)c(Cl)c3)ccnc2cc1OCCCN1CCC2(CC1)COC2.COc1cc2c(Oc3ccc(CC(=O)Cc4cc(C)on4)c(Cl)c3)ccnc2cc1OCCCN1CCC2(COC2)C1.COc1cc2c(Oc3ccc(CC(=O)Cc4cc(C)on4)c(Cl)c3)ccnc2cc1OCCCOC1COC1. The Bertz CT molecular complexity index is 5720. The second-order valence-electron chi connectivity index (χ2n) is 32.0. The van der Waals surface area contributed by atoms with Crippen molar-refractivity contribution in [2.24, 2.45) is 10.8 Å². The first kappa shape index (κ1) is 87.9. The summed E-state index contributed by atoms with van der Waals surface area (Å²) < 4.78 is 90.5. The first-order valence-electron chi connectivity index (χ1n) is 41.6. The van der Waals surface area contributed by atoms with Gasteiger partial charge in [-0.05, 0) is 162 Å². The molecule has 5 aliphatic rings. The Balaban J connectivity index is 0.000000144. The highest BCUT2D eigenvalue weighted by molar-refractivity contribution is 6.32. The number of ketones is 3. The van der Waals surface area contributed by atoms with E-state index in [1.54, 1.807) is 140 Å². The number of rotatable bonds is 37. The van der Waals surface area contributed by atoms with Gasteiger partial charge in [-0.1, -0.05) is 68.5 Å². The summed E-state index contributed by atoms with van der Waals surface area (Å²) >= 11 is 19.6. The molecule has 6 aromatic heterocycles. The van der Waals surface area contributed by atoms with E-state index in [2.05, 4.69) is 40.2 Å². The van der Waals surface area contributed by atoms with E-state index >= 15 is 0 Å². The topological polar surface area (TPSA) is 294 Å². The summed E-state index contributed by atoms with van der Waals surface area (Å²) in [5, 5.41) is 15.3. The smallest absolute Gasteiger partial charge is 0.163 e. The lowest BCUT2D eigenvalue weighted by Crippen LogP contribution is -2.51. The van der Waals surface area contributed by atoms with Crippen LogP contribution < -0.4 is 42.6 Å². The van der Waals surface area contributed by atoms with Gasteiger partial charge in [0, 0.05) is 142 Å². The largest absolute Gasteiger partial charge is 0.493 e. The molecule has 2 spiro atoms. The monoisotopic (exact) mass is 1750 g/mol. The highest BCUT2D eigenvalue weighted by Gasteiger charge is 2.44. The molecule has 0 saturated carbocycles. The quantitative estimate of drug-likeness (QED) is 0.0327. The molecule has 12 aromatic rings. The number of aryl methyl sites for hydroxylation is 3. The molecular weight excluding hydrogens is 1650 g/mol. The molecule has 0 unspecified atom stereocenters. The van der Waals surface area contributed by atoms with Crippen LogP contribution in [0.4, 0.5) is 0 Å². The van der Waals surface area contributed by atoms with Crippen molar-refractivity contribution in [2.75, 3.05) is 127 Å². The number of aromatic nitrogens is 6. The Labute approximate surface area is 732 Å². The van der Waals surface area contributed by atoms with E-state index in [0.717, 1.165) is 123 Å². The third-order valence-electron chi connectivity index (χ3n) is 22.4. The Hall–Kier alpha value is -11.0. The number of hydrogen-bond donors (Lipinski definition) is 0. The number of halogens is 3. The minimum absolute atomic E-state index is 0.00184. The summed E-state index contributed by atoms with van der Waals surface area (Å²) in [4.78, 5) is 56.1. The van der Waals surface area contributed by atoms with Crippen LogP contribution in [0.2, 0.25) is 15.1 Å². The summed E-state index contributed by atoms with van der Waals surface area (Å²) in [6.07, 6.45) is 12.7. The number of carbonyl (C=O) groups is 3. The lowest BCUT2D eigenvalue weighted by Gasteiger charge is -2.47. The van der Waals surface area contributed by atoms with Crippen LogP contribution in [0.3, 0.4) is 0 Å². The van der Waals surface area contributed by atoms with Crippen molar-refractivity contribution >= 4 is 84.9 Å². The van der Waals surface area contributed by atoms with Crippen LogP contribution in [-0.4, -0.2) is 190 Å². The van der Waals surface area contributed by atoms with Gasteiger partial charge in [-0.15, -0.1) is 0 Å². The van der Waals surface area contributed by atoms with Crippen LogP contribution in [0.5, 0.6) is 69.0 Å². The fourth-order valence-corrected chi connectivity index (χ4v) is 16.2. The molecule has 6 aromatic carbocycles. The molecule has 650 valence electrons. The molecule has 0 bridgehead atoms. The number of ether oxygens (including phenoxy) is 13. The number of nitrogens with zero attached hydrogens (tertiary/aromatic N) is 8. The highest BCUT2D eigenvalue weighted by Crippen LogP contribution is 2.44. The highest BCUT2D eigenvalue weighted by atomic mass is 35.5. The van der Waals surface area contributed by atoms with Gasteiger partial charge in [0.15, 0.2) is 34.5 Å². The van der Waals surface area contributed by atoms with Gasteiger partial charge in [0.2, 0.25) is 0 Å². The number of likely N-dealkylation sites (tertiary alicyclic amines) is 2. The first-order valence-corrected chi connectivity index (χ1v) is 42.7. The Morgan fingerprint density at radius 2 is 0.766 bits per heavy atom. The van der Waals surface area contributed by atoms with Crippen molar-refractivity contribution in [2.45, 2.75) is 104 Å². The van der Waals surface area contributed by atoms with Gasteiger partial charge in [-0.3, -0.25) is 29.3 Å². The fraction of sp³-hybridized carbons (Fsp3) is 0.394. The second-order valence-corrected chi connectivity index (χ2v) is 33.2. The molecule has 0 amide bonds. The van der Waals surface area contributed by atoms with E-state index in [4.69, 9.17) is 110 Å². The summed E-state index contributed by atoms with van der Waals surface area (Å²) in [7, 11) is 4.84. The van der Waals surface area contributed by atoms with Gasteiger partial charge in [0.1, 0.15) is 75.2 Å². The molecular formula is C94H99Cl3N8O19. The van der Waals surface area contributed by atoms with Crippen LogP contribution in [0.25, 0.3) is 32.7 Å². The zero-order valence-electron chi connectivity index (χ0n) is 70.2. The van der Waals surface area contributed by atoms with Gasteiger partial charge in [0.25, 0.3) is 0 Å². The molecule has 30 heteroatoms. The summed E-state index contributed by atoms with van der Waals surface area (Å²) in [5.74, 6) is 9.14. The van der Waals surface area contributed by atoms with E-state index in [1.807, 2.05) is 48.5 Å². The maximum atomic E-state index is 12.5. The first-order chi connectivity index (χ1) is 60.3. The van der Waals surface area contributed by atoms with Crippen molar-refractivity contribution in [3.63, 3.8) is 0 Å². The minimum Gasteiger partial charge on any atom is -0.493 e. The Morgan fingerprint density at radius 1 is 0.403 bits per heavy atom. The second kappa shape index (κ2) is 41.2. The van der Waals surface area contributed by atoms with Crippen molar-refractivity contribution < 1.29 is 89.5 Å². The normalized spacial score (nSPS) is 15.3. The van der Waals surface area contributed by atoms with E-state index < -0.39 is 0 Å². The third kappa shape index (κ3) is 22.9. The lowest BCUT2D eigenvalue weighted by atomic mass is 9.77. The number of hydrogen-bond acceptors (Lipinski definition) is 27. The number of methoxy groups -OCH3 is 3. The maximum Gasteiger partial charge on any atom is 0.163 e. The van der Waals surface area contributed by atoms with Crippen molar-refractivity contribution in [1.29, 1.82) is 0 Å². The number of benzene rings is 6. The molecule has 5 fully saturated rings. The lowest BCUT2D eigenvalue weighted by molar-refractivity contribution is -0.139. The summed E-state index contributed by atoms with van der Waals surface area (Å²) in [6, 6.07) is 37.8. The van der Waals surface area contributed by atoms with Gasteiger partial charge in [-0.25, -0.2) is 0 Å². The number of carbonyl (C=O) groups excluding carboxylic acids is 3. The number of Topliss-reactive ketones (excluding diaryl/α,β-unsaturated/α-hetero) is 3. The van der Waals surface area contributed by atoms with Crippen LogP contribution in [0, 0.1) is 31.6 Å².